The van der Waals surface area contributed by atoms with E-state index in [1.54, 1.807) is 6.07 Å². The maximum Gasteiger partial charge on any atom is 0.306 e. The van der Waals surface area contributed by atoms with E-state index in [4.69, 9.17) is 10.7 Å². The van der Waals surface area contributed by atoms with Crippen molar-refractivity contribution in [1.29, 1.82) is 0 Å². The number of benzene rings is 1. The molecule has 5 aliphatic carbocycles. The Kier molecular flexibility index (Phi) is 7.25. The summed E-state index contributed by atoms with van der Waals surface area (Å²) in [6, 6.07) is 9.26. The van der Waals surface area contributed by atoms with Gasteiger partial charge < -0.3 is 20.8 Å². The summed E-state index contributed by atoms with van der Waals surface area (Å²) in [5.41, 5.74) is 12.3. The fraction of sp³-hybridized carbons (Fsp3) is 0.600. The van der Waals surface area contributed by atoms with Gasteiger partial charge in [0.2, 0.25) is 0 Å². The van der Waals surface area contributed by atoms with Gasteiger partial charge in [-0.2, -0.15) is 0 Å². The lowest BCUT2D eigenvalue weighted by Crippen LogP contribution is -2.71. The number of phenols is 1. The molecule has 2 aliphatic heterocycles. The first-order valence-electron chi connectivity index (χ1n) is 18.6. The third-order valence-corrected chi connectivity index (χ3v) is 14.4. The van der Waals surface area contributed by atoms with Gasteiger partial charge in [-0.25, -0.2) is 0 Å². The van der Waals surface area contributed by atoms with Crippen molar-refractivity contribution in [2.45, 2.75) is 83.5 Å². The Balaban J connectivity index is 0.807. The topological polar surface area (TPSA) is 125 Å². The molecule has 48 heavy (non-hydrogen) atoms. The highest BCUT2D eigenvalue weighted by Gasteiger charge is 2.68. The van der Waals surface area contributed by atoms with E-state index < -0.39 is 5.97 Å². The number of aromatic nitrogens is 2. The number of aliphatic carboxylic acids is 1. The number of piperidine rings is 1. The van der Waals surface area contributed by atoms with Crippen LogP contribution in [0, 0.1) is 52.3 Å². The number of carbonyl (C=O) groups is 1. The lowest BCUT2D eigenvalue weighted by atomic mass is 9.35. The molecule has 0 amide bonds. The molecule has 0 radical (unpaired) electrons. The molecule has 3 heterocycles. The first kappa shape index (κ1) is 30.4. The minimum absolute atomic E-state index is 0.0970. The van der Waals surface area contributed by atoms with Crippen LogP contribution in [0.2, 0.25) is 0 Å². The summed E-state index contributed by atoms with van der Waals surface area (Å²) in [7, 11) is 0. The Bertz CT molecular complexity index is 1670. The van der Waals surface area contributed by atoms with Crippen LogP contribution in [-0.2, 0) is 4.79 Å². The second kappa shape index (κ2) is 11.4. The van der Waals surface area contributed by atoms with E-state index in [1.807, 2.05) is 24.3 Å². The van der Waals surface area contributed by atoms with Crippen LogP contribution in [-0.4, -0.2) is 45.2 Å². The number of nitrogen functional groups attached to an aromatic ring is 1. The summed E-state index contributed by atoms with van der Waals surface area (Å²) < 4.78 is 0. The fourth-order valence-electron chi connectivity index (χ4n) is 11.9. The minimum atomic E-state index is -0.585. The minimum Gasteiger partial charge on any atom is -0.507 e. The van der Waals surface area contributed by atoms with E-state index in [2.05, 4.69) is 33.4 Å². The highest BCUT2D eigenvalue weighted by Crippen LogP contribution is 2.70. The number of anilines is 2. The molecular formula is C40H49N5O3. The van der Waals surface area contributed by atoms with Crippen molar-refractivity contribution in [3.05, 3.63) is 54.3 Å². The molecule has 2 unspecified atom stereocenters. The van der Waals surface area contributed by atoms with E-state index in [0.717, 1.165) is 62.7 Å². The van der Waals surface area contributed by atoms with Gasteiger partial charge in [0.25, 0.3) is 0 Å². The molecule has 1 aromatic heterocycles. The lowest BCUT2D eigenvalue weighted by molar-refractivity contribution is -0.145. The number of para-hydroxylation sites is 1. The number of phenolic OH excluding ortho intramolecular Hbond substituents is 1. The molecule has 4 N–H and O–H groups in total. The molecule has 0 bridgehead atoms. The van der Waals surface area contributed by atoms with E-state index in [1.165, 1.54) is 62.7 Å². The quantitative estimate of drug-likeness (QED) is 0.294. The second-order valence-corrected chi connectivity index (χ2v) is 16.7. The van der Waals surface area contributed by atoms with Crippen LogP contribution in [0.3, 0.4) is 0 Å². The number of carboxylic acid groups (broad SMARTS) is 1. The third kappa shape index (κ3) is 4.91. The molecule has 9 rings (SSSR count). The second-order valence-electron chi connectivity index (χ2n) is 16.7. The van der Waals surface area contributed by atoms with Crippen molar-refractivity contribution in [3.63, 3.8) is 0 Å². The highest BCUT2D eigenvalue weighted by molar-refractivity contribution is 5.95. The Morgan fingerprint density at radius 3 is 2.33 bits per heavy atom. The van der Waals surface area contributed by atoms with Gasteiger partial charge in [-0.15, -0.1) is 10.2 Å². The normalized spacial score (nSPS) is 38.4. The van der Waals surface area contributed by atoms with Gasteiger partial charge in [0.1, 0.15) is 5.75 Å². The Morgan fingerprint density at radius 1 is 0.896 bits per heavy atom. The summed E-state index contributed by atoms with van der Waals surface area (Å²) in [6.45, 7) is 1.97. The summed E-state index contributed by atoms with van der Waals surface area (Å²) in [6.07, 6.45) is 22.4. The molecule has 252 valence electrons. The van der Waals surface area contributed by atoms with Gasteiger partial charge in [0.05, 0.1) is 17.3 Å². The molecular weight excluding hydrogens is 598 g/mol. The summed E-state index contributed by atoms with van der Waals surface area (Å²) >= 11 is 0. The van der Waals surface area contributed by atoms with E-state index >= 15 is 0 Å². The Labute approximate surface area is 283 Å². The van der Waals surface area contributed by atoms with Gasteiger partial charge in [0.15, 0.2) is 5.82 Å². The largest absolute Gasteiger partial charge is 0.507 e. The maximum atomic E-state index is 11.4. The summed E-state index contributed by atoms with van der Waals surface area (Å²) in [5, 5.41) is 28.4. The Morgan fingerprint density at radius 2 is 1.62 bits per heavy atom. The number of allylic oxidation sites excluding steroid dienone is 3. The molecule has 1 spiro atoms. The highest BCUT2D eigenvalue weighted by atomic mass is 16.4. The van der Waals surface area contributed by atoms with Crippen molar-refractivity contribution >= 4 is 23.2 Å². The molecule has 1 saturated heterocycles. The van der Waals surface area contributed by atoms with Crippen molar-refractivity contribution in [2.24, 2.45) is 57.2 Å². The zero-order chi connectivity index (χ0) is 32.6. The van der Waals surface area contributed by atoms with Crippen molar-refractivity contribution in [2.75, 3.05) is 23.7 Å². The average Bonchev–Trinajstić information content (AvgIpc) is 3.31. The summed E-state index contributed by atoms with van der Waals surface area (Å²) in [5.74, 6) is 4.33. The predicted molar refractivity (Wildman–Crippen MR) is 187 cm³/mol. The standard InChI is InChI=1S/C40H49N5O3/c41-37-33(16-32(43-44-37)31-5-1-2-6-34(31)46)45-22-29-19-40(20-30(23-45)36(29)40)35-7-3-4-27(21-42-35)24-8-10-25(11-9-24)28-17-39(18-28)14-12-26(13-15-39)38(47)48/h1-6,16,21,24-26,28-30,36,46H,7-15,17-20,22-23H2,(H2,41,44)(H,47,48). The van der Waals surface area contributed by atoms with Crippen LogP contribution in [0.1, 0.15) is 83.5 Å². The molecule has 8 heteroatoms. The van der Waals surface area contributed by atoms with Crippen LogP contribution in [0.4, 0.5) is 11.5 Å². The molecule has 1 aromatic carbocycles. The third-order valence-electron chi connectivity index (χ3n) is 14.4. The zero-order valence-corrected chi connectivity index (χ0v) is 27.9. The van der Waals surface area contributed by atoms with Crippen molar-refractivity contribution < 1.29 is 15.0 Å². The molecule has 8 nitrogen and oxygen atoms in total. The average molecular weight is 648 g/mol. The number of nitrogens with two attached hydrogens (primary N) is 1. The monoisotopic (exact) mass is 647 g/mol. The number of aliphatic imine (C=N–C) groups is 1. The molecule has 2 aromatic rings. The number of hydrogen-bond donors (Lipinski definition) is 3. The van der Waals surface area contributed by atoms with Gasteiger partial charge in [0, 0.05) is 42.4 Å². The zero-order valence-electron chi connectivity index (χ0n) is 27.9. The van der Waals surface area contributed by atoms with Crippen LogP contribution in [0.15, 0.2) is 59.2 Å². The maximum absolute atomic E-state index is 11.4. The number of aromatic hydroxyl groups is 1. The van der Waals surface area contributed by atoms with E-state index in [-0.39, 0.29) is 17.1 Å². The van der Waals surface area contributed by atoms with Gasteiger partial charge in [-0.3, -0.25) is 9.79 Å². The predicted octanol–water partition coefficient (Wildman–Crippen LogP) is 7.66. The molecule has 2 atom stereocenters. The number of carboxylic acids is 1. The molecule has 6 fully saturated rings. The van der Waals surface area contributed by atoms with Gasteiger partial charge in [-0.1, -0.05) is 24.3 Å². The fourth-order valence-corrected chi connectivity index (χ4v) is 11.9. The number of hydrogen-bond acceptors (Lipinski definition) is 7. The molecule has 7 aliphatic rings. The van der Waals surface area contributed by atoms with Gasteiger partial charge in [-0.05, 0) is 142 Å². The van der Waals surface area contributed by atoms with Crippen LogP contribution >= 0.6 is 0 Å². The van der Waals surface area contributed by atoms with Crippen LogP contribution < -0.4 is 10.6 Å². The summed E-state index contributed by atoms with van der Waals surface area (Å²) in [4.78, 5) is 19.1. The lowest BCUT2D eigenvalue weighted by Gasteiger charge is -2.71. The smallest absolute Gasteiger partial charge is 0.306 e. The first-order valence-corrected chi connectivity index (χ1v) is 18.6. The van der Waals surface area contributed by atoms with Crippen molar-refractivity contribution in [1.82, 2.24) is 10.2 Å². The van der Waals surface area contributed by atoms with Gasteiger partial charge >= 0.3 is 5.97 Å². The number of nitrogens with zero attached hydrogens (tertiary/aromatic N) is 4. The number of rotatable bonds is 6. The van der Waals surface area contributed by atoms with E-state index in [0.29, 0.717) is 46.2 Å². The van der Waals surface area contributed by atoms with E-state index in [9.17, 15) is 15.0 Å². The van der Waals surface area contributed by atoms with Crippen molar-refractivity contribution in [3.8, 4) is 17.0 Å². The first-order chi connectivity index (χ1) is 23.3. The van der Waals surface area contributed by atoms with Crippen LogP contribution in [0.25, 0.3) is 11.3 Å². The van der Waals surface area contributed by atoms with Crippen LogP contribution in [0.5, 0.6) is 5.75 Å². The Hall–Kier alpha value is -3.68. The SMILES string of the molecule is Nc1nnc(-c2ccccc2O)cc1N1CC2CC3(C4=NC=C(C5CCC(C6CC7(CCC(C(=O)O)CC7)C6)CC5)C=CC4)CC(C1)C23. The molecule has 5 saturated carbocycles.